The first kappa shape index (κ1) is 20.7. The molecular formula is C7H10F10NOPSi. The maximum Gasteiger partial charge on any atom is 0.462 e. The van der Waals surface area contributed by atoms with Crippen molar-refractivity contribution in [3.05, 3.63) is 0 Å². The molecule has 1 N–H and O–H groups in total. The third-order valence-electron chi connectivity index (χ3n) is 1.97. The van der Waals surface area contributed by atoms with Gasteiger partial charge < -0.3 is 0 Å². The molecule has 0 spiro atoms. The Hall–Kier alpha value is -0.293. The highest BCUT2D eigenvalue weighted by atomic mass is 31.2. The van der Waals surface area contributed by atoms with E-state index in [0.29, 0.717) is 0 Å². The molecule has 2 nitrogen and oxygen atoms in total. The topological polar surface area (TPSA) is 29.1 Å². The van der Waals surface area contributed by atoms with Crippen LogP contribution in [0.5, 0.6) is 0 Å². The predicted octanol–water partition coefficient (Wildman–Crippen LogP) is 5.00. The van der Waals surface area contributed by atoms with Gasteiger partial charge >= 0.3 is 23.7 Å². The fourth-order valence-corrected chi connectivity index (χ4v) is 7.12. The van der Waals surface area contributed by atoms with Gasteiger partial charge in [0.05, 0.1) is 0 Å². The summed E-state index contributed by atoms with van der Waals surface area (Å²) >= 11 is 0. The number of hydrogen-bond donors (Lipinski definition) is 1. The van der Waals surface area contributed by atoms with E-state index in [-0.39, 0.29) is 0 Å². The van der Waals surface area contributed by atoms with Crippen molar-refractivity contribution in [1.82, 2.24) is 4.75 Å². The SMILES string of the molecule is C[Si](C)(C)NP(=O)(C(F)(F)C(F)(F)F)C(F)(F)C(F)(F)F. The molecule has 0 saturated carbocycles. The van der Waals surface area contributed by atoms with E-state index in [2.05, 4.69) is 0 Å². The maximum atomic E-state index is 13.1. The van der Waals surface area contributed by atoms with Crippen molar-refractivity contribution in [3.8, 4) is 0 Å². The Kier molecular flexibility index (Phi) is 5.05. The molecule has 0 bridgehead atoms. The second-order valence-corrected chi connectivity index (χ2v) is 12.8. The largest absolute Gasteiger partial charge is 0.462 e. The molecule has 0 aliphatic heterocycles. The Morgan fingerprint density at radius 3 is 1.10 bits per heavy atom. The Morgan fingerprint density at radius 2 is 0.952 bits per heavy atom. The van der Waals surface area contributed by atoms with Gasteiger partial charge in [0.25, 0.3) is 7.29 Å². The third-order valence-corrected chi connectivity index (χ3v) is 8.00. The number of alkyl halides is 10. The van der Waals surface area contributed by atoms with E-state index in [4.69, 9.17) is 0 Å². The fraction of sp³-hybridized carbons (Fsp3) is 1.00. The molecule has 0 aromatic rings. The van der Waals surface area contributed by atoms with Crippen LogP contribution < -0.4 is 4.75 Å². The van der Waals surface area contributed by atoms with Crippen molar-refractivity contribution < 1.29 is 48.5 Å². The average Bonchev–Trinajstić information content (AvgIpc) is 2.10. The quantitative estimate of drug-likeness (QED) is 0.427. The molecule has 0 amide bonds. The van der Waals surface area contributed by atoms with E-state index >= 15 is 0 Å². The lowest BCUT2D eigenvalue weighted by Gasteiger charge is -2.38. The molecule has 0 aromatic heterocycles. The first-order chi connectivity index (χ1) is 8.71. The van der Waals surface area contributed by atoms with Gasteiger partial charge in [-0.3, -0.25) is 9.32 Å². The zero-order valence-electron chi connectivity index (χ0n) is 10.6. The highest BCUT2D eigenvalue weighted by molar-refractivity contribution is 7.66. The number of halogens is 10. The van der Waals surface area contributed by atoms with E-state index in [0.717, 1.165) is 24.4 Å². The molecule has 14 heteroatoms. The van der Waals surface area contributed by atoms with E-state index in [9.17, 15) is 48.5 Å². The van der Waals surface area contributed by atoms with Crippen molar-refractivity contribution in [2.75, 3.05) is 0 Å². The summed E-state index contributed by atoms with van der Waals surface area (Å²) in [6.45, 7) is 2.54. The second kappa shape index (κ2) is 5.12. The Bertz CT molecular complexity index is 406. The van der Waals surface area contributed by atoms with Crippen LogP contribution in [0.25, 0.3) is 0 Å². The molecular weight excluding hydrogens is 363 g/mol. The van der Waals surface area contributed by atoms with Gasteiger partial charge in [-0.15, -0.1) is 0 Å². The van der Waals surface area contributed by atoms with Crippen LogP contribution >= 0.6 is 7.29 Å². The average molecular weight is 373 g/mol. The minimum absolute atomic E-state index is 0.781. The van der Waals surface area contributed by atoms with Gasteiger partial charge in [-0.1, -0.05) is 19.6 Å². The van der Waals surface area contributed by atoms with Crippen molar-refractivity contribution >= 4 is 15.5 Å². The standard InChI is InChI=1S/C7H10F10NOPSi/c1-21(2,3)18-20(19,6(14,15)4(8,9)10)7(16,17)5(11,12)13/h1-3H3,(H,18,19). The number of nitrogens with one attached hydrogen (secondary N) is 1. The molecule has 0 unspecified atom stereocenters. The van der Waals surface area contributed by atoms with Gasteiger partial charge in [0.1, 0.15) is 8.24 Å². The highest BCUT2D eigenvalue weighted by Crippen LogP contribution is 2.75. The lowest BCUT2D eigenvalue weighted by molar-refractivity contribution is -0.266. The van der Waals surface area contributed by atoms with Gasteiger partial charge in [-0.25, -0.2) is 0 Å². The summed E-state index contributed by atoms with van der Waals surface area (Å²) in [5, 5.41) is 0. The normalized spacial score (nSPS) is 16.2. The van der Waals surface area contributed by atoms with Gasteiger partial charge in [0.2, 0.25) is 0 Å². The molecule has 128 valence electrons. The first-order valence-electron chi connectivity index (χ1n) is 4.99. The lowest BCUT2D eigenvalue weighted by atomic mass is 10.7. The van der Waals surface area contributed by atoms with E-state index in [1.165, 1.54) is 0 Å². The maximum absolute atomic E-state index is 13.1. The molecule has 0 rings (SSSR count). The van der Waals surface area contributed by atoms with Crippen LogP contribution in [0.15, 0.2) is 0 Å². The van der Waals surface area contributed by atoms with Crippen molar-refractivity contribution in [3.63, 3.8) is 0 Å². The summed E-state index contributed by atoms with van der Waals surface area (Å²) in [7, 11) is -11.2. The van der Waals surface area contributed by atoms with Gasteiger partial charge in [-0.05, 0) is 0 Å². The van der Waals surface area contributed by atoms with E-state index < -0.39 is 39.2 Å². The number of hydrogen-bond acceptors (Lipinski definition) is 1. The summed E-state index contributed by atoms with van der Waals surface area (Å²) in [5.41, 5.74) is -13.5. The summed E-state index contributed by atoms with van der Waals surface area (Å²) in [4.78, 5) is 0. The molecule has 0 aliphatic carbocycles. The lowest BCUT2D eigenvalue weighted by Crippen LogP contribution is -2.55. The van der Waals surface area contributed by atoms with Crippen LogP contribution in [0.1, 0.15) is 0 Å². The first-order valence-corrected chi connectivity index (χ1v) is 10.2. The summed E-state index contributed by atoms with van der Waals surface area (Å²) in [6.07, 6.45) is -13.7. The Labute approximate surface area is 113 Å². The monoisotopic (exact) mass is 373 g/mol. The Balaban J connectivity index is 6.40. The molecule has 0 aromatic carbocycles. The summed E-state index contributed by atoms with van der Waals surface area (Å²) < 4.78 is 138. The van der Waals surface area contributed by atoms with E-state index in [1.54, 1.807) is 0 Å². The highest BCUT2D eigenvalue weighted by Gasteiger charge is 2.83. The molecule has 0 atom stereocenters. The minimum Gasteiger partial charge on any atom is -0.294 e. The third kappa shape index (κ3) is 3.55. The van der Waals surface area contributed by atoms with Crippen LogP contribution in [0.2, 0.25) is 19.6 Å². The van der Waals surface area contributed by atoms with Crippen molar-refractivity contribution in [1.29, 1.82) is 0 Å². The summed E-state index contributed by atoms with van der Waals surface area (Å²) in [5.74, 6) is 0. The smallest absolute Gasteiger partial charge is 0.294 e. The molecule has 21 heavy (non-hydrogen) atoms. The van der Waals surface area contributed by atoms with Crippen LogP contribution in [0.4, 0.5) is 43.9 Å². The second-order valence-electron chi connectivity index (χ2n) is 5.05. The van der Waals surface area contributed by atoms with Gasteiger partial charge in [0.15, 0.2) is 0 Å². The molecule has 0 fully saturated rings. The zero-order chi connectivity index (χ0) is 17.7. The van der Waals surface area contributed by atoms with Crippen LogP contribution in [-0.4, -0.2) is 31.9 Å². The Morgan fingerprint density at radius 1 is 0.714 bits per heavy atom. The zero-order valence-corrected chi connectivity index (χ0v) is 12.5. The molecule has 0 saturated heterocycles. The molecule has 0 aliphatic rings. The molecule has 0 heterocycles. The van der Waals surface area contributed by atoms with Crippen molar-refractivity contribution in [2.45, 2.75) is 43.3 Å². The van der Waals surface area contributed by atoms with E-state index in [1.807, 2.05) is 0 Å². The minimum atomic E-state index is -7.59. The van der Waals surface area contributed by atoms with Gasteiger partial charge in [0, 0.05) is 0 Å². The fourth-order valence-electron chi connectivity index (χ4n) is 1.15. The predicted molar refractivity (Wildman–Crippen MR) is 56.1 cm³/mol. The van der Waals surface area contributed by atoms with Crippen LogP contribution in [-0.2, 0) is 4.57 Å². The van der Waals surface area contributed by atoms with Crippen molar-refractivity contribution in [2.24, 2.45) is 0 Å². The van der Waals surface area contributed by atoms with Crippen LogP contribution in [0.3, 0.4) is 0 Å². The molecule has 0 radical (unpaired) electrons. The number of rotatable bonds is 4. The summed E-state index contributed by atoms with van der Waals surface area (Å²) in [6, 6.07) is 0. The van der Waals surface area contributed by atoms with Crippen LogP contribution in [0, 0.1) is 0 Å². The van der Waals surface area contributed by atoms with Gasteiger partial charge in [-0.2, -0.15) is 43.9 Å².